The Kier molecular flexibility index (Phi) is 11.7. The number of carbonyl (C=O) groups is 2. The predicted molar refractivity (Wildman–Crippen MR) is 144 cm³/mol. The summed E-state index contributed by atoms with van der Waals surface area (Å²) in [5, 5.41) is 3.74. The van der Waals surface area contributed by atoms with Crippen molar-refractivity contribution in [1.29, 1.82) is 0 Å². The zero-order valence-electron chi connectivity index (χ0n) is 21.2. The fourth-order valence-corrected chi connectivity index (χ4v) is 5.24. The molecule has 2 aromatic carbocycles. The Morgan fingerprint density at radius 1 is 1.00 bits per heavy atom. The Bertz CT molecular complexity index is 1130. The summed E-state index contributed by atoms with van der Waals surface area (Å²) in [4.78, 5) is 28.2. The maximum absolute atomic E-state index is 13.4. The van der Waals surface area contributed by atoms with E-state index in [4.69, 9.17) is 23.2 Å². The minimum Gasteiger partial charge on any atom is -0.352 e. The SMILES string of the molecule is CC[C@@H](C)NC(=O)[C@H](CC)N(Cc1ccc(Cl)c(Cl)c1)C(=O)CCCN(C)S(=O)(=O)c1ccccc1. The fourth-order valence-electron chi connectivity index (χ4n) is 3.68. The molecule has 1 N–H and O–H groups in total. The van der Waals surface area contributed by atoms with Crippen molar-refractivity contribution in [2.24, 2.45) is 0 Å². The molecule has 0 saturated heterocycles. The second-order valence-electron chi connectivity index (χ2n) is 8.76. The summed E-state index contributed by atoms with van der Waals surface area (Å²) in [7, 11) is -2.15. The molecule has 0 fully saturated rings. The van der Waals surface area contributed by atoms with Gasteiger partial charge in [0.15, 0.2) is 0 Å². The Labute approximate surface area is 224 Å². The van der Waals surface area contributed by atoms with Gasteiger partial charge in [0.2, 0.25) is 21.8 Å². The van der Waals surface area contributed by atoms with Crippen LogP contribution in [-0.4, -0.2) is 55.1 Å². The Hall–Kier alpha value is -2.13. The number of carbonyl (C=O) groups excluding carboxylic acids is 2. The van der Waals surface area contributed by atoms with Crippen LogP contribution in [0.15, 0.2) is 53.4 Å². The molecule has 0 aromatic heterocycles. The molecule has 0 unspecified atom stereocenters. The molecule has 36 heavy (non-hydrogen) atoms. The number of hydrogen-bond acceptors (Lipinski definition) is 4. The van der Waals surface area contributed by atoms with Crippen molar-refractivity contribution >= 4 is 45.0 Å². The third-order valence-corrected chi connectivity index (χ3v) is 8.65. The standard InChI is InChI=1S/C26H35Cl2N3O4S/c1-5-19(3)29-26(33)24(6-2)31(18-20-14-15-22(27)23(28)17-20)25(32)13-10-16-30(4)36(34,35)21-11-8-7-9-12-21/h7-9,11-12,14-15,17,19,24H,5-6,10,13,16,18H2,1-4H3,(H,29,33)/t19-,24+/m1/s1. The Balaban J connectivity index is 2.17. The monoisotopic (exact) mass is 555 g/mol. The topological polar surface area (TPSA) is 86.8 Å². The summed E-state index contributed by atoms with van der Waals surface area (Å²) < 4.78 is 26.8. The zero-order valence-corrected chi connectivity index (χ0v) is 23.5. The number of hydrogen-bond donors (Lipinski definition) is 1. The van der Waals surface area contributed by atoms with Crippen molar-refractivity contribution < 1.29 is 18.0 Å². The third-order valence-electron chi connectivity index (χ3n) is 6.04. The molecule has 7 nitrogen and oxygen atoms in total. The zero-order chi connectivity index (χ0) is 26.9. The van der Waals surface area contributed by atoms with E-state index in [2.05, 4.69) is 5.32 Å². The van der Waals surface area contributed by atoms with E-state index in [0.29, 0.717) is 22.9 Å². The van der Waals surface area contributed by atoms with Gasteiger partial charge in [0, 0.05) is 32.6 Å². The van der Waals surface area contributed by atoms with Crippen molar-refractivity contribution in [1.82, 2.24) is 14.5 Å². The normalized spacial score (nSPS) is 13.3. The van der Waals surface area contributed by atoms with E-state index in [0.717, 1.165) is 12.0 Å². The van der Waals surface area contributed by atoms with Gasteiger partial charge in [0.05, 0.1) is 14.9 Å². The second kappa shape index (κ2) is 14.0. The van der Waals surface area contributed by atoms with Gasteiger partial charge in [-0.05, 0) is 56.0 Å². The number of halogens is 2. The minimum absolute atomic E-state index is 0.0229. The van der Waals surface area contributed by atoms with Gasteiger partial charge in [-0.15, -0.1) is 0 Å². The molecule has 0 heterocycles. The maximum Gasteiger partial charge on any atom is 0.243 e. The number of benzene rings is 2. The molecule has 2 rings (SSSR count). The smallest absolute Gasteiger partial charge is 0.243 e. The third kappa shape index (κ3) is 8.20. The van der Waals surface area contributed by atoms with Gasteiger partial charge in [-0.3, -0.25) is 9.59 Å². The molecule has 0 bridgehead atoms. The van der Waals surface area contributed by atoms with Gasteiger partial charge in [-0.1, -0.05) is 61.3 Å². The van der Waals surface area contributed by atoms with Crippen LogP contribution in [0.1, 0.15) is 52.0 Å². The van der Waals surface area contributed by atoms with Gasteiger partial charge in [-0.2, -0.15) is 0 Å². The maximum atomic E-state index is 13.4. The molecule has 0 radical (unpaired) electrons. The van der Waals surface area contributed by atoms with Gasteiger partial charge < -0.3 is 10.2 Å². The van der Waals surface area contributed by atoms with Crippen LogP contribution in [0.3, 0.4) is 0 Å². The van der Waals surface area contributed by atoms with Crippen molar-refractivity contribution in [2.45, 2.75) is 70.0 Å². The fraction of sp³-hybridized carbons (Fsp3) is 0.462. The molecule has 0 aliphatic carbocycles. The average Bonchev–Trinajstić information content (AvgIpc) is 2.86. The van der Waals surface area contributed by atoms with Crippen LogP contribution in [0.25, 0.3) is 0 Å². The van der Waals surface area contributed by atoms with Gasteiger partial charge in [0.1, 0.15) is 6.04 Å². The molecule has 2 amide bonds. The highest BCUT2D eigenvalue weighted by atomic mass is 35.5. The summed E-state index contributed by atoms with van der Waals surface area (Å²) in [6, 6.07) is 12.6. The average molecular weight is 557 g/mol. The molecular weight excluding hydrogens is 521 g/mol. The van der Waals surface area contributed by atoms with E-state index >= 15 is 0 Å². The van der Waals surface area contributed by atoms with Crippen molar-refractivity contribution in [2.75, 3.05) is 13.6 Å². The number of nitrogens with zero attached hydrogens (tertiary/aromatic N) is 2. The van der Waals surface area contributed by atoms with Crippen LogP contribution >= 0.6 is 23.2 Å². The van der Waals surface area contributed by atoms with Crippen LogP contribution in [0.2, 0.25) is 10.0 Å². The quantitative estimate of drug-likeness (QED) is 0.371. The van der Waals surface area contributed by atoms with E-state index in [9.17, 15) is 18.0 Å². The Morgan fingerprint density at radius 3 is 2.25 bits per heavy atom. The minimum atomic E-state index is -3.65. The molecule has 0 aliphatic rings. The van der Waals surface area contributed by atoms with Crippen LogP contribution < -0.4 is 5.32 Å². The van der Waals surface area contributed by atoms with E-state index in [1.54, 1.807) is 41.3 Å². The molecule has 10 heteroatoms. The lowest BCUT2D eigenvalue weighted by atomic mass is 10.1. The molecule has 0 saturated carbocycles. The summed E-state index contributed by atoms with van der Waals surface area (Å²) in [5.74, 6) is -0.457. The predicted octanol–water partition coefficient (Wildman–Crippen LogP) is 5.12. The Morgan fingerprint density at radius 2 is 1.67 bits per heavy atom. The van der Waals surface area contributed by atoms with Crippen LogP contribution in [-0.2, 0) is 26.2 Å². The van der Waals surface area contributed by atoms with Crippen LogP contribution in [0.5, 0.6) is 0 Å². The van der Waals surface area contributed by atoms with Crippen LogP contribution in [0, 0.1) is 0 Å². The first-order valence-corrected chi connectivity index (χ1v) is 14.3. The summed E-state index contributed by atoms with van der Waals surface area (Å²) in [6.07, 6.45) is 1.59. The highest BCUT2D eigenvalue weighted by molar-refractivity contribution is 7.89. The van der Waals surface area contributed by atoms with E-state index in [1.165, 1.54) is 23.5 Å². The highest BCUT2D eigenvalue weighted by Crippen LogP contribution is 2.24. The first-order chi connectivity index (χ1) is 17.0. The highest BCUT2D eigenvalue weighted by Gasteiger charge is 2.29. The van der Waals surface area contributed by atoms with Crippen molar-refractivity contribution in [3.05, 3.63) is 64.1 Å². The lowest BCUT2D eigenvalue weighted by molar-refractivity contribution is -0.141. The molecule has 0 spiro atoms. The largest absolute Gasteiger partial charge is 0.352 e. The summed E-state index contributed by atoms with van der Waals surface area (Å²) >= 11 is 12.2. The van der Waals surface area contributed by atoms with E-state index < -0.39 is 16.1 Å². The van der Waals surface area contributed by atoms with Crippen molar-refractivity contribution in [3.8, 4) is 0 Å². The van der Waals surface area contributed by atoms with Gasteiger partial charge in [0.25, 0.3) is 0 Å². The van der Waals surface area contributed by atoms with E-state index in [-0.39, 0.29) is 42.3 Å². The molecule has 2 aromatic rings. The molecule has 0 aliphatic heterocycles. The van der Waals surface area contributed by atoms with Gasteiger partial charge >= 0.3 is 0 Å². The summed E-state index contributed by atoms with van der Waals surface area (Å²) in [6.45, 7) is 6.10. The number of sulfonamides is 1. The molecular formula is C26H35Cl2N3O4S. The second-order valence-corrected chi connectivity index (χ2v) is 11.6. The lowest BCUT2D eigenvalue weighted by Gasteiger charge is -2.32. The van der Waals surface area contributed by atoms with Crippen LogP contribution in [0.4, 0.5) is 0 Å². The molecule has 198 valence electrons. The van der Waals surface area contributed by atoms with E-state index in [1.807, 2.05) is 20.8 Å². The summed E-state index contributed by atoms with van der Waals surface area (Å²) in [5.41, 5.74) is 0.747. The number of amides is 2. The first-order valence-electron chi connectivity index (χ1n) is 12.1. The number of rotatable bonds is 13. The molecule has 2 atom stereocenters. The van der Waals surface area contributed by atoms with Crippen molar-refractivity contribution in [3.63, 3.8) is 0 Å². The van der Waals surface area contributed by atoms with Gasteiger partial charge in [-0.25, -0.2) is 12.7 Å². The lowest BCUT2D eigenvalue weighted by Crippen LogP contribution is -2.50. The number of nitrogens with one attached hydrogen (secondary N) is 1. The first kappa shape index (κ1) is 30.1.